The number of rotatable bonds is 3. The van der Waals surface area contributed by atoms with E-state index in [9.17, 15) is 4.39 Å². The number of benzene rings is 1. The van der Waals surface area contributed by atoms with Crippen molar-refractivity contribution in [3.63, 3.8) is 0 Å². The van der Waals surface area contributed by atoms with Crippen LogP contribution >= 0.6 is 15.9 Å². The second-order valence-corrected chi connectivity index (χ2v) is 4.62. The smallest absolute Gasteiger partial charge is 0.123 e. The molecule has 0 amide bonds. The van der Waals surface area contributed by atoms with Crippen LogP contribution in [0.5, 0.6) is 0 Å². The molecule has 0 spiro atoms. The van der Waals surface area contributed by atoms with Crippen LogP contribution in [0.3, 0.4) is 0 Å². The molecule has 0 nitrogen and oxygen atoms in total. The number of alkyl halides is 1. The highest BCUT2D eigenvalue weighted by Gasteiger charge is 2.19. The lowest BCUT2D eigenvalue weighted by Crippen LogP contribution is -2.17. The van der Waals surface area contributed by atoms with Gasteiger partial charge in [0.05, 0.1) is 0 Å². The SMILES string of the molecule is CC(C)(CCBr)c1ccc(F)cc1. The van der Waals surface area contributed by atoms with E-state index in [-0.39, 0.29) is 11.2 Å². The molecule has 1 aromatic carbocycles. The maximum Gasteiger partial charge on any atom is 0.123 e. The number of hydrogen-bond donors (Lipinski definition) is 0. The van der Waals surface area contributed by atoms with Crippen molar-refractivity contribution >= 4 is 15.9 Å². The molecular weight excluding hydrogens is 231 g/mol. The third-order valence-corrected chi connectivity index (χ3v) is 2.74. The molecule has 13 heavy (non-hydrogen) atoms. The van der Waals surface area contributed by atoms with Crippen molar-refractivity contribution in [2.45, 2.75) is 25.7 Å². The average molecular weight is 245 g/mol. The monoisotopic (exact) mass is 244 g/mol. The maximum atomic E-state index is 12.7. The van der Waals surface area contributed by atoms with Gasteiger partial charge in [-0.05, 0) is 29.5 Å². The van der Waals surface area contributed by atoms with Gasteiger partial charge in [-0.1, -0.05) is 41.9 Å². The molecule has 0 aliphatic rings. The first-order valence-electron chi connectivity index (χ1n) is 4.38. The van der Waals surface area contributed by atoms with Crippen molar-refractivity contribution in [1.82, 2.24) is 0 Å². The molecule has 0 unspecified atom stereocenters. The molecule has 72 valence electrons. The number of hydrogen-bond acceptors (Lipinski definition) is 0. The van der Waals surface area contributed by atoms with Gasteiger partial charge in [-0.3, -0.25) is 0 Å². The van der Waals surface area contributed by atoms with Gasteiger partial charge in [-0.25, -0.2) is 4.39 Å². The summed E-state index contributed by atoms with van der Waals surface area (Å²) in [4.78, 5) is 0. The molecule has 1 rings (SSSR count). The first-order chi connectivity index (χ1) is 6.06. The Hall–Kier alpha value is -0.370. The largest absolute Gasteiger partial charge is 0.207 e. The highest BCUT2D eigenvalue weighted by atomic mass is 79.9. The van der Waals surface area contributed by atoms with Gasteiger partial charge in [0.25, 0.3) is 0 Å². The molecule has 0 bridgehead atoms. The second-order valence-electron chi connectivity index (χ2n) is 3.83. The van der Waals surface area contributed by atoms with Crippen LogP contribution < -0.4 is 0 Å². The van der Waals surface area contributed by atoms with E-state index < -0.39 is 0 Å². The predicted octanol–water partition coefficient (Wildman–Crippen LogP) is 3.89. The Morgan fingerprint density at radius 1 is 1.23 bits per heavy atom. The van der Waals surface area contributed by atoms with Crippen LogP contribution in [0.25, 0.3) is 0 Å². The lowest BCUT2D eigenvalue weighted by Gasteiger charge is -2.24. The van der Waals surface area contributed by atoms with Crippen LogP contribution in [-0.2, 0) is 5.41 Å². The van der Waals surface area contributed by atoms with Gasteiger partial charge in [0.2, 0.25) is 0 Å². The standard InChI is InChI=1S/C11H14BrF/c1-11(2,7-8-12)9-3-5-10(13)6-4-9/h3-6H,7-8H2,1-2H3. The van der Waals surface area contributed by atoms with Crippen molar-refractivity contribution < 1.29 is 4.39 Å². The maximum absolute atomic E-state index is 12.7. The first-order valence-corrected chi connectivity index (χ1v) is 5.50. The van der Waals surface area contributed by atoms with Crippen LogP contribution in [-0.4, -0.2) is 5.33 Å². The topological polar surface area (TPSA) is 0 Å². The van der Waals surface area contributed by atoms with Crippen molar-refractivity contribution in [3.05, 3.63) is 35.6 Å². The van der Waals surface area contributed by atoms with Crippen LogP contribution in [0.15, 0.2) is 24.3 Å². The summed E-state index contributed by atoms with van der Waals surface area (Å²) in [5.74, 6) is -0.168. The Balaban J connectivity index is 2.87. The Morgan fingerprint density at radius 2 is 1.77 bits per heavy atom. The van der Waals surface area contributed by atoms with Crippen molar-refractivity contribution in [1.29, 1.82) is 0 Å². The van der Waals surface area contributed by atoms with Gasteiger partial charge in [0, 0.05) is 5.33 Å². The highest BCUT2D eigenvalue weighted by Crippen LogP contribution is 2.27. The Bertz CT molecular complexity index is 264. The fraction of sp³-hybridized carbons (Fsp3) is 0.455. The van der Waals surface area contributed by atoms with Crippen molar-refractivity contribution in [3.8, 4) is 0 Å². The first kappa shape index (κ1) is 10.7. The summed E-state index contributed by atoms with van der Waals surface area (Å²) in [5.41, 5.74) is 1.31. The minimum Gasteiger partial charge on any atom is -0.207 e. The molecule has 1 aromatic rings. The quantitative estimate of drug-likeness (QED) is 0.708. The Labute approximate surface area is 87.3 Å². The molecule has 0 heterocycles. The van der Waals surface area contributed by atoms with Crippen LogP contribution in [0.1, 0.15) is 25.8 Å². The van der Waals surface area contributed by atoms with E-state index >= 15 is 0 Å². The highest BCUT2D eigenvalue weighted by molar-refractivity contribution is 9.09. The third kappa shape index (κ3) is 2.80. The van der Waals surface area contributed by atoms with Crippen LogP contribution in [0, 0.1) is 5.82 Å². The summed E-state index contributed by atoms with van der Waals surface area (Å²) < 4.78 is 12.7. The molecular formula is C11H14BrF. The molecule has 0 atom stereocenters. The van der Waals surface area contributed by atoms with Crippen LogP contribution in [0.4, 0.5) is 4.39 Å². The van der Waals surface area contributed by atoms with Gasteiger partial charge in [0.15, 0.2) is 0 Å². The Kier molecular flexibility index (Phi) is 3.48. The Morgan fingerprint density at radius 3 is 2.23 bits per heavy atom. The summed E-state index contributed by atoms with van der Waals surface area (Å²) in [6.07, 6.45) is 1.05. The predicted molar refractivity (Wildman–Crippen MR) is 57.8 cm³/mol. The molecule has 0 aliphatic heterocycles. The van der Waals surface area contributed by atoms with E-state index in [2.05, 4.69) is 29.8 Å². The average Bonchev–Trinajstić information content (AvgIpc) is 2.05. The van der Waals surface area contributed by atoms with Gasteiger partial charge < -0.3 is 0 Å². The van der Waals surface area contributed by atoms with E-state index in [4.69, 9.17) is 0 Å². The third-order valence-electron chi connectivity index (χ3n) is 2.35. The minimum atomic E-state index is -0.168. The zero-order valence-corrected chi connectivity index (χ0v) is 9.57. The van der Waals surface area contributed by atoms with E-state index in [0.717, 1.165) is 11.8 Å². The molecule has 2 heteroatoms. The van der Waals surface area contributed by atoms with Gasteiger partial charge in [0.1, 0.15) is 5.82 Å². The molecule has 0 N–H and O–H groups in total. The summed E-state index contributed by atoms with van der Waals surface area (Å²) >= 11 is 3.42. The number of halogens is 2. The summed E-state index contributed by atoms with van der Waals surface area (Å²) in [6, 6.07) is 6.76. The summed E-state index contributed by atoms with van der Waals surface area (Å²) in [7, 11) is 0. The summed E-state index contributed by atoms with van der Waals surface area (Å²) in [5, 5.41) is 0.970. The van der Waals surface area contributed by atoms with E-state index in [1.807, 2.05) is 12.1 Å². The lowest BCUT2D eigenvalue weighted by molar-refractivity contribution is 0.510. The second kappa shape index (κ2) is 4.23. The molecule has 0 saturated carbocycles. The van der Waals surface area contributed by atoms with E-state index in [1.165, 1.54) is 17.7 Å². The molecule has 0 saturated heterocycles. The molecule has 0 aromatic heterocycles. The van der Waals surface area contributed by atoms with Crippen LogP contribution in [0.2, 0.25) is 0 Å². The molecule has 0 radical (unpaired) electrons. The normalized spacial score (nSPS) is 11.7. The van der Waals surface area contributed by atoms with E-state index in [0.29, 0.717) is 0 Å². The van der Waals surface area contributed by atoms with Gasteiger partial charge in [-0.15, -0.1) is 0 Å². The summed E-state index contributed by atoms with van der Waals surface area (Å²) in [6.45, 7) is 4.34. The molecule has 0 fully saturated rings. The van der Waals surface area contributed by atoms with E-state index in [1.54, 1.807) is 0 Å². The zero-order chi connectivity index (χ0) is 9.90. The lowest BCUT2D eigenvalue weighted by atomic mass is 9.82. The van der Waals surface area contributed by atoms with Crippen molar-refractivity contribution in [2.24, 2.45) is 0 Å². The van der Waals surface area contributed by atoms with Gasteiger partial charge >= 0.3 is 0 Å². The molecule has 0 aliphatic carbocycles. The zero-order valence-electron chi connectivity index (χ0n) is 7.98. The fourth-order valence-electron chi connectivity index (χ4n) is 1.28. The fourth-order valence-corrected chi connectivity index (χ4v) is 2.27. The van der Waals surface area contributed by atoms with Gasteiger partial charge in [-0.2, -0.15) is 0 Å². The minimum absolute atomic E-state index is 0.122. The van der Waals surface area contributed by atoms with Crippen molar-refractivity contribution in [2.75, 3.05) is 5.33 Å².